The van der Waals surface area contributed by atoms with Crippen molar-refractivity contribution in [3.63, 3.8) is 0 Å². The van der Waals surface area contributed by atoms with E-state index in [1.165, 1.54) is 18.2 Å². The van der Waals surface area contributed by atoms with Crippen molar-refractivity contribution in [1.82, 2.24) is 9.97 Å². The maximum absolute atomic E-state index is 12.0. The van der Waals surface area contributed by atoms with E-state index in [2.05, 4.69) is 15.3 Å². The fourth-order valence-corrected chi connectivity index (χ4v) is 2.86. The number of H-pyrrole nitrogens is 1. The van der Waals surface area contributed by atoms with Crippen LogP contribution in [0.15, 0.2) is 58.5 Å². The molecule has 2 N–H and O–H groups in total. The number of rotatable bonds is 5. The molecule has 126 valence electrons. The molecule has 0 unspecified atom stereocenters. The van der Waals surface area contributed by atoms with Crippen molar-refractivity contribution in [2.45, 2.75) is 5.16 Å². The molecule has 2 aromatic carbocycles. The Balaban J connectivity index is 1.71. The van der Waals surface area contributed by atoms with Crippen molar-refractivity contribution in [3.05, 3.63) is 69.0 Å². The summed E-state index contributed by atoms with van der Waals surface area (Å²) < 4.78 is 0. The quantitative estimate of drug-likeness (QED) is 0.314. The molecule has 0 bridgehead atoms. The average molecular weight is 356 g/mol. The number of amides is 1. The highest BCUT2D eigenvalue weighted by atomic mass is 32.2. The number of nitrogens with one attached hydrogen (secondary N) is 2. The van der Waals surface area contributed by atoms with Crippen LogP contribution in [0.1, 0.15) is 0 Å². The number of aromatic amines is 1. The number of nitro benzene ring substituents is 1. The molecule has 1 amide bonds. The zero-order chi connectivity index (χ0) is 17.8. The molecular weight excluding hydrogens is 344 g/mol. The standard InChI is InChI=1S/C16H12N4O4S/c21-14(17-12-7-3-4-8-13(12)20(23)24)9-25-16-18-11-6-2-1-5-10(11)15(22)19-16/h1-8H,9H2,(H,17,21)(H,18,19,22). The van der Waals surface area contributed by atoms with E-state index in [1.54, 1.807) is 30.3 Å². The van der Waals surface area contributed by atoms with Gasteiger partial charge in [-0.1, -0.05) is 36.0 Å². The van der Waals surface area contributed by atoms with E-state index in [4.69, 9.17) is 0 Å². The number of fused-ring (bicyclic) bond motifs is 1. The lowest BCUT2D eigenvalue weighted by Gasteiger charge is -2.06. The highest BCUT2D eigenvalue weighted by molar-refractivity contribution is 7.99. The van der Waals surface area contributed by atoms with Crippen molar-refractivity contribution in [2.75, 3.05) is 11.1 Å². The molecule has 9 heteroatoms. The SMILES string of the molecule is O=C(CSc1nc2ccccc2c(=O)[nH]1)Nc1ccccc1[N+](=O)[O-]. The molecule has 0 aliphatic rings. The predicted octanol–water partition coefficient (Wildman–Crippen LogP) is 2.56. The Morgan fingerprint density at radius 1 is 1.20 bits per heavy atom. The molecule has 3 aromatic rings. The molecule has 0 fully saturated rings. The van der Waals surface area contributed by atoms with Gasteiger partial charge in [-0.3, -0.25) is 19.7 Å². The smallest absolute Gasteiger partial charge is 0.292 e. The molecule has 0 atom stereocenters. The van der Waals surface area contributed by atoms with Gasteiger partial charge >= 0.3 is 0 Å². The van der Waals surface area contributed by atoms with Crippen LogP contribution in [0, 0.1) is 10.1 Å². The Kier molecular flexibility index (Phi) is 4.75. The van der Waals surface area contributed by atoms with E-state index in [9.17, 15) is 19.7 Å². The molecule has 0 aliphatic heterocycles. The number of anilines is 1. The highest BCUT2D eigenvalue weighted by Crippen LogP contribution is 2.23. The van der Waals surface area contributed by atoms with Gasteiger partial charge < -0.3 is 10.3 Å². The summed E-state index contributed by atoms with van der Waals surface area (Å²) in [4.78, 5) is 41.3. The van der Waals surface area contributed by atoms with Gasteiger partial charge in [0, 0.05) is 6.07 Å². The maximum atomic E-state index is 12.0. The van der Waals surface area contributed by atoms with Crippen LogP contribution >= 0.6 is 11.8 Å². The Bertz CT molecular complexity index is 1020. The van der Waals surface area contributed by atoms with E-state index in [1.807, 2.05) is 0 Å². The summed E-state index contributed by atoms with van der Waals surface area (Å²) in [6, 6.07) is 12.8. The Morgan fingerprint density at radius 3 is 2.72 bits per heavy atom. The van der Waals surface area contributed by atoms with Gasteiger partial charge in [-0.2, -0.15) is 0 Å². The number of nitrogens with zero attached hydrogens (tertiary/aromatic N) is 2. The number of carbonyl (C=O) groups excluding carboxylic acids is 1. The van der Waals surface area contributed by atoms with E-state index >= 15 is 0 Å². The molecular formula is C16H12N4O4S. The van der Waals surface area contributed by atoms with Crippen molar-refractivity contribution < 1.29 is 9.72 Å². The third kappa shape index (κ3) is 3.83. The third-order valence-corrected chi connectivity index (χ3v) is 4.18. The summed E-state index contributed by atoms with van der Waals surface area (Å²) in [5, 5.41) is 14.2. The minimum atomic E-state index is -0.564. The van der Waals surface area contributed by atoms with Gasteiger partial charge in [-0.25, -0.2) is 4.98 Å². The number of para-hydroxylation sites is 3. The second-order valence-electron chi connectivity index (χ2n) is 5.00. The van der Waals surface area contributed by atoms with Gasteiger partial charge in [-0.15, -0.1) is 0 Å². The molecule has 1 aromatic heterocycles. The second-order valence-corrected chi connectivity index (χ2v) is 5.96. The molecule has 3 rings (SSSR count). The number of carbonyl (C=O) groups is 1. The first kappa shape index (κ1) is 16.7. The summed E-state index contributed by atoms with van der Waals surface area (Å²) in [7, 11) is 0. The molecule has 25 heavy (non-hydrogen) atoms. The lowest BCUT2D eigenvalue weighted by Crippen LogP contribution is -2.16. The fraction of sp³-hybridized carbons (Fsp3) is 0.0625. The minimum absolute atomic E-state index is 0.0483. The normalized spacial score (nSPS) is 10.6. The number of aromatic nitrogens is 2. The first-order chi connectivity index (χ1) is 12.0. The molecule has 1 heterocycles. The van der Waals surface area contributed by atoms with Crippen LogP contribution in [0.25, 0.3) is 10.9 Å². The monoisotopic (exact) mass is 356 g/mol. The molecule has 0 saturated heterocycles. The first-order valence-corrected chi connectivity index (χ1v) is 8.18. The molecule has 0 saturated carbocycles. The number of nitro groups is 1. The number of hydrogen-bond acceptors (Lipinski definition) is 6. The van der Waals surface area contributed by atoms with E-state index in [-0.39, 0.29) is 22.7 Å². The largest absolute Gasteiger partial charge is 0.320 e. The lowest BCUT2D eigenvalue weighted by atomic mass is 10.2. The Morgan fingerprint density at radius 2 is 1.92 bits per heavy atom. The highest BCUT2D eigenvalue weighted by Gasteiger charge is 2.15. The topological polar surface area (TPSA) is 118 Å². The van der Waals surface area contributed by atoms with Crippen LogP contribution < -0.4 is 10.9 Å². The van der Waals surface area contributed by atoms with Crippen LogP contribution in [-0.4, -0.2) is 26.6 Å². The number of hydrogen-bond donors (Lipinski definition) is 2. The summed E-state index contributed by atoms with van der Waals surface area (Å²) in [5.74, 6) is -0.483. The van der Waals surface area contributed by atoms with Gasteiger partial charge in [0.05, 0.1) is 21.6 Å². The maximum Gasteiger partial charge on any atom is 0.292 e. The number of benzene rings is 2. The van der Waals surface area contributed by atoms with Crippen molar-refractivity contribution in [1.29, 1.82) is 0 Å². The minimum Gasteiger partial charge on any atom is -0.320 e. The summed E-state index contributed by atoms with van der Waals surface area (Å²) in [6.07, 6.45) is 0. The van der Waals surface area contributed by atoms with Gasteiger partial charge in [-0.05, 0) is 18.2 Å². The summed E-state index contributed by atoms with van der Waals surface area (Å²) in [5.41, 5.74) is 0.191. The lowest BCUT2D eigenvalue weighted by molar-refractivity contribution is -0.383. The Hall–Kier alpha value is -3.20. The fourth-order valence-electron chi connectivity index (χ4n) is 2.19. The van der Waals surface area contributed by atoms with Crippen molar-refractivity contribution in [2.24, 2.45) is 0 Å². The summed E-state index contributed by atoms with van der Waals surface area (Å²) in [6.45, 7) is 0. The van der Waals surface area contributed by atoms with Crippen molar-refractivity contribution in [3.8, 4) is 0 Å². The molecule has 0 aliphatic carbocycles. The molecule has 0 radical (unpaired) electrons. The zero-order valence-electron chi connectivity index (χ0n) is 12.8. The van der Waals surface area contributed by atoms with Gasteiger partial charge in [0.2, 0.25) is 5.91 Å². The van der Waals surface area contributed by atoms with Crippen LogP contribution in [0.5, 0.6) is 0 Å². The predicted molar refractivity (Wildman–Crippen MR) is 94.8 cm³/mol. The van der Waals surface area contributed by atoms with Gasteiger partial charge in [0.25, 0.3) is 11.2 Å². The molecule has 8 nitrogen and oxygen atoms in total. The van der Waals surface area contributed by atoms with Crippen LogP contribution in [0.3, 0.4) is 0 Å². The van der Waals surface area contributed by atoms with E-state index < -0.39 is 10.8 Å². The van der Waals surface area contributed by atoms with E-state index in [0.29, 0.717) is 16.1 Å². The Labute approximate surface area is 145 Å². The van der Waals surface area contributed by atoms with Crippen LogP contribution in [0.2, 0.25) is 0 Å². The summed E-state index contributed by atoms with van der Waals surface area (Å²) >= 11 is 1.04. The van der Waals surface area contributed by atoms with E-state index in [0.717, 1.165) is 11.8 Å². The van der Waals surface area contributed by atoms with Crippen molar-refractivity contribution >= 4 is 39.9 Å². The number of thioether (sulfide) groups is 1. The van der Waals surface area contributed by atoms with Gasteiger partial charge in [0.15, 0.2) is 5.16 Å². The molecule has 0 spiro atoms. The van der Waals surface area contributed by atoms with Crippen LogP contribution in [0.4, 0.5) is 11.4 Å². The average Bonchev–Trinajstić information content (AvgIpc) is 2.60. The third-order valence-electron chi connectivity index (χ3n) is 3.31. The second kappa shape index (κ2) is 7.14. The zero-order valence-corrected chi connectivity index (χ0v) is 13.6. The first-order valence-electron chi connectivity index (χ1n) is 7.20. The van der Waals surface area contributed by atoms with Crippen LogP contribution in [-0.2, 0) is 4.79 Å². The van der Waals surface area contributed by atoms with Gasteiger partial charge in [0.1, 0.15) is 5.69 Å².